The van der Waals surface area contributed by atoms with Gasteiger partial charge >= 0.3 is 5.97 Å². The lowest BCUT2D eigenvalue weighted by atomic mass is 10.2. The molecule has 1 N–H and O–H groups in total. The summed E-state index contributed by atoms with van der Waals surface area (Å²) in [4.78, 5) is 38.3. The van der Waals surface area contributed by atoms with Crippen LogP contribution in [-0.4, -0.2) is 24.4 Å². The molecule has 0 spiro atoms. The lowest BCUT2D eigenvalue weighted by Crippen LogP contribution is -2.32. The Bertz CT molecular complexity index is 1020. The molecule has 0 unspecified atom stereocenters. The van der Waals surface area contributed by atoms with Crippen molar-refractivity contribution in [1.29, 1.82) is 0 Å². The smallest absolute Gasteiger partial charge is 0.338 e. The van der Waals surface area contributed by atoms with E-state index in [1.165, 1.54) is 24.3 Å². The number of hydrogen-bond donors (Lipinski definition) is 1. The van der Waals surface area contributed by atoms with Crippen LogP contribution in [0.5, 0.6) is 0 Å². The van der Waals surface area contributed by atoms with Crippen molar-refractivity contribution in [3.63, 3.8) is 0 Å². The van der Waals surface area contributed by atoms with Crippen molar-refractivity contribution < 1.29 is 19.1 Å². The maximum atomic E-state index is 12.9. The van der Waals surface area contributed by atoms with Gasteiger partial charge in [-0.25, -0.2) is 9.69 Å². The molecule has 2 aromatic carbocycles. The van der Waals surface area contributed by atoms with Gasteiger partial charge in [-0.2, -0.15) is 0 Å². The van der Waals surface area contributed by atoms with Crippen LogP contribution in [0.2, 0.25) is 5.02 Å². The van der Waals surface area contributed by atoms with Crippen molar-refractivity contribution in [1.82, 2.24) is 0 Å². The Morgan fingerprint density at radius 3 is 2.41 bits per heavy atom. The summed E-state index contributed by atoms with van der Waals surface area (Å²) in [6.07, 6.45) is 0.715. The third kappa shape index (κ3) is 4.13. The third-order valence-electron chi connectivity index (χ3n) is 4.35. The minimum Gasteiger partial charge on any atom is -0.462 e. The molecule has 29 heavy (non-hydrogen) atoms. The molecule has 8 heteroatoms. The average molecular weight is 433 g/mol. The number of nitrogens with zero attached hydrogens (tertiary/aromatic N) is 1. The van der Waals surface area contributed by atoms with Crippen LogP contribution in [0.1, 0.15) is 29.3 Å². The summed E-state index contributed by atoms with van der Waals surface area (Å²) in [6.45, 7) is 4.00. The highest BCUT2D eigenvalue weighted by Crippen LogP contribution is 2.32. The molecule has 1 aliphatic heterocycles. The van der Waals surface area contributed by atoms with Gasteiger partial charge in [-0.1, -0.05) is 36.2 Å². The summed E-state index contributed by atoms with van der Waals surface area (Å²) in [7, 11) is 0. The first-order valence-electron chi connectivity index (χ1n) is 8.93. The maximum Gasteiger partial charge on any atom is 0.338 e. The third-order valence-corrected chi connectivity index (χ3v) is 5.11. The highest BCUT2D eigenvalue weighted by atomic mass is 35.5. The van der Waals surface area contributed by atoms with Gasteiger partial charge in [0.2, 0.25) is 0 Å². The average Bonchev–Trinajstić information content (AvgIpc) is 2.93. The molecule has 2 amide bonds. The molecule has 1 aliphatic rings. The fourth-order valence-corrected chi connectivity index (χ4v) is 3.14. The standard InChI is InChI=1S/C21H18Cl2N2O4/c1-3-11-29-21(28)13-7-9-14(10-8-13)25-19(26)17(23)18(20(25)27)24-16-6-4-5-15(22)12(16)2/h4-10,24H,3,11H2,1-2H3. The Hall–Kier alpha value is -2.83. The fraction of sp³-hybridized carbons (Fsp3) is 0.190. The highest BCUT2D eigenvalue weighted by Gasteiger charge is 2.39. The number of carbonyl (C=O) groups excluding carboxylic acids is 3. The number of amides is 2. The Balaban J connectivity index is 1.83. The number of esters is 1. The topological polar surface area (TPSA) is 75.7 Å². The predicted octanol–water partition coefficient (Wildman–Crippen LogP) is 4.65. The molecule has 6 nitrogen and oxygen atoms in total. The molecular formula is C21H18Cl2N2O4. The first-order valence-corrected chi connectivity index (χ1v) is 9.68. The quantitative estimate of drug-likeness (QED) is 0.530. The number of halogens is 2. The van der Waals surface area contributed by atoms with E-state index in [0.717, 1.165) is 10.5 Å². The zero-order valence-electron chi connectivity index (χ0n) is 15.8. The summed E-state index contributed by atoms with van der Waals surface area (Å²) in [6, 6.07) is 11.2. The van der Waals surface area contributed by atoms with Crippen molar-refractivity contribution in [3.8, 4) is 0 Å². The fourth-order valence-electron chi connectivity index (χ4n) is 2.75. The zero-order chi connectivity index (χ0) is 21.1. The van der Waals surface area contributed by atoms with E-state index in [2.05, 4.69) is 5.32 Å². The number of nitrogens with one attached hydrogen (secondary N) is 1. The van der Waals surface area contributed by atoms with Crippen LogP contribution < -0.4 is 10.2 Å². The van der Waals surface area contributed by atoms with Gasteiger partial charge in [-0.15, -0.1) is 0 Å². The number of rotatable bonds is 6. The van der Waals surface area contributed by atoms with Gasteiger partial charge in [0.1, 0.15) is 10.7 Å². The first-order chi connectivity index (χ1) is 13.8. The normalized spacial score (nSPS) is 13.9. The molecule has 0 aliphatic carbocycles. The van der Waals surface area contributed by atoms with Gasteiger partial charge < -0.3 is 10.1 Å². The Morgan fingerprint density at radius 2 is 1.76 bits per heavy atom. The number of hydrogen-bond acceptors (Lipinski definition) is 5. The number of anilines is 2. The molecule has 0 bridgehead atoms. The van der Waals surface area contributed by atoms with Crippen molar-refractivity contribution in [2.75, 3.05) is 16.8 Å². The largest absolute Gasteiger partial charge is 0.462 e. The lowest BCUT2D eigenvalue weighted by molar-refractivity contribution is -0.120. The van der Waals surface area contributed by atoms with Crippen LogP contribution in [0, 0.1) is 6.92 Å². The summed E-state index contributed by atoms with van der Waals surface area (Å²) in [5.41, 5.74) is 1.88. The molecule has 0 saturated heterocycles. The second-order valence-electron chi connectivity index (χ2n) is 6.35. The number of carbonyl (C=O) groups is 3. The molecule has 2 aromatic rings. The molecular weight excluding hydrogens is 415 g/mol. The lowest BCUT2D eigenvalue weighted by Gasteiger charge is -2.16. The van der Waals surface area contributed by atoms with Gasteiger partial charge in [-0.05, 0) is 55.3 Å². The Labute approximate surface area is 178 Å². The molecule has 150 valence electrons. The number of imide groups is 1. The highest BCUT2D eigenvalue weighted by molar-refractivity contribution is 6.53. The van der Waals surface area contributed by atoms with Gasteiger partial charge in [0, 0.05) is 10.7 Å². The van der Waals surface area contributed by atoms with E-state index < -0.39 is 17.8 Å². The van der Waals surface area contributed by atoms with E-state index >= 15 is 0 Å². The Kier molecular flexibility index (Phi) is 6.25. The number of ether oxygens (including phenoxy) is 1. The maximum absolute atomic E-state index is 12.9. The second kappa shape index (κ2) is 8.68. The van der Waals surface area contributed by atoms with Crippen LogP contribution in [0.4, 0.5) is 11.4 Å². The van der Waals surface area contributed by atoms with Crippen LogP contribution in [0.15, 0.2) is 53.2 Å². The first kappa shape index (κ1) is 20.9. The van der Waals surface area contributed by atoms with E-state index in [9.17, 15) is 14.4 Å². The predicted molar refractivity (Wildman–Crippen MR) is 112 cm³/mol. The van der Waals surface area contributed by atoms with E-state index in [0.29, 0.717) is 35.0 Å². The van der Waals surface area contributed by atoms with Crippen molar-refractivity contribution in [2.24, 2.45) is 0 Å². The van der Waals surface area contributed by atoms with Gasteiger partial charge in [0.05, 0.1) is 17.9 Å². The molecule has 0 atom stereocenters. The summed E-state index contributed by atoms with van der Waals surface area (Å²) in [5.74, 6) is -1.71. The van der Waals surface area contributed by atoms with Gasteiger partial charge in [0.25, 0.3) is 11.8 Å². The molecule has 3 rings (SSSR count). The minimum atomic E-state index is -0.653. The summed E-state index contributed by atoms with van der Waals surface area (Å²) >= 11 is 12.3. The molecule has 0 fully saturated rings. The van der Waals surface area contributed by atoms with Crippen LogP contribution >= 0.6 is 23.2 Å². The second-order valence-corrected chi connectivity index (χ2v) is 7.14. The summed E-state index contributed by atoms with van der Waals surface area (Å²) in [5, 5.41) is 3.21. The molecule has 1 heterocycles. The van der Waals surface area contributed by atoms with Crippen LogP contribution in [0.25, 0.3) is 0 Å². The van der Waals surface area contributed by atoms with E-state index in [1.807, 2.05) is 6.92 Å². The molecule has 0 aromatic heterocycles. The van der Waals surface area contributed by atoms with Crippen molar-refractivity contribution in [2.45, 2.75) is 20.3 Å². The molecule has 0 radical (unpaired) electrons. The summed E-state index contributed by atoms with van der Waals surface area (Å²) < 4.78 is 5.07. The number of benzene rings is 2. The van der Waals surface area contributed by atoms with Crippen molar-refractivity contribution in [3.05, 3.63) is 69.3 Å². The monoisotopic (exact) mass is 432 g/mol. The van der Waals surface area contributed by atoms with Crippen LogP contribution in [-0.2, 0) is 14.3 Å². The zero-order valence-corrected chi connectivity index (χ0v) is 17.3. The van der Waals surface area contributed by atoms with Crippen molar-refractivity contribution >= 4 is 52.4 Å². The van der Waals surface area contributed by atoms with Gasteiger partial charge in [0.15, 0.2) is 0 Å². The SMILES string of the molecule is CCCOC(=O)c1ccc(N2C(=O)C(Cl)=C(Nc3cccc(Cl)c3C)C2=O)cc1. The Morgan fingerprint density at radius 1 is 1.07 bits per heavy atom. The van der Waals surface area contributed by atoms with E-state index in [4.69, 9.17) is 27.9 Å². The van der Waals surface area contributed by atoms with E-state index in [1.54, 1.807) is 25.1 Å². The minimum absolute atomic E-state index is 0.0338. The van der Waals surface area contributed by atoms with Gasteiger partial charge in [-0.3, -0.25) is 9.59 Å². The molecule has 0 saturated carbocycles. The van der Waals surface area contributed by atoms with Crippen LogP contribution in [0.3, 0.4) is 0 Å². The van der Waals surface area contributed by atoms with E-state index in [-0.39, 0.29) is 10.7 Å².